The van der Waals surface area contributed by atoms with Crippen molar-refractivity contribution < 1.29 is 13.2 Å². The largest absolute Gasteiger partial charge is 0.433 e. The average Bonchev–Trinajstić information content (AvgIpc) is 2.55. The fraction of sp³-hybridized carbons (Fsp3) is 0.118. The predicted octanol–water partition coefficient (Wildman–Crippen LogP) is 4.24. The van der Waals surface area contributed by atoms with Crippen LogP contribution < -0.4 is 5.56 Å². The van der Waals surface area contributed by atoms with Gasteiger partial charge >= 0.3 is 6.18 Å². The number of benzene rings is 1. The Bertz CT molecular complexity index is 1080. The minimum atomic E-state index is -4.68. The van der Waals surface area contributed by atoms with Crippen molar-refractivity contribution in [1.82, 2.24) is 9.55 Å². The van der Waals surface area contributed by atoms with Crippen LogP contribution in [0.5, 0.6) is 0 Å². The molecule has 4 nitrogen and oxygen atoms in total. The van der Waals surface area contributed by atoms with E-state index in [1.165, 1.54) is 19.1 Å². The van der Waals surface area contributed by atoms with Crippen LogP contribution in [0.25, 0.3) is 16.7 Å². The van der Waals surface area contributed by atoms with E-state index >= 15 is 0 Å². The van der Waals surface area contributed by atoms with E-state index in [0.29, 0.717) is 0 Å². The minimum Gasteiger partial charge on any atom is -0.267 e. The summed E-state index contributed by atoms with van der Waals surface area (Å²) in [5.41, 5.74) is -2.09. The van der Waals surface area contributed by atoms with Crippen LogP contribution in [0.3, 0.4) is 0 Å². The Morgan fingerprint density at radius 2 is 1.88 bits per heavy atom. The van der Waals surface area contributed by atoms with E-state index in [-0.39, 0.29) is 32.9 Å². The second-order valence-electron chi connectivity index (χ2n) is 5.30. The monoisotopic (exact) mass is 363 g/mol. The third-order valence-corrected chi connectivity index (χ3v) is 4.06. The van der Waals surface area contributed by atoms with E-state index < -0.39 is 17.4 Å². The molecule has 0 saturated heterocycles. The molecule has 0 aliphatic rings. The van der Waals surface area contributed by atoms with E-state index in [1.807, 2.05) is 0 Å². The maximum atomic E-state index is 13.1. The number of aromatic nitrogens is 2. The number of halogens is 4. The number of rotatable bonds is 1. The maximum absolute atomic E-state index is 13.1. The number of hydrogen-bond donors (Lipinski definition) is 0. The number of pyridine rings is 2. The molecule has 0 fully saturated rings. The zero-order valence-electron chi connectivity index (χ0n) is 12.7. The third-order valence-electron chi connectivity index (χ3n) is 3.68. The molecule has 2 heterocycles. The Kier molecular flexibility index (Phi) is 4.01. The van der Waals surface area contributed by atoms with Crippen LogP contribution in [0, 0.1) is 18.3 Å². The topological polar surface area (TPSA) is 58.7 Å². The molecule has 1 aromatic carbocycles. The van der Waals surface area contributed by atoms with Gasteiger partial charge in [-0.25, -0.2) is 4.98 Å². The van der Waals surface area contributed by atoms with Gasteiger partial charge in [0.1, 0.15) is 23.0 Å². The van der Waals surface area contributed by atoms with E-state index in [1.54, 1.807) is 24.3 Å². The molecule has 0 atom stereocenters. The smallest absolute Gasteiger partial charge is 0.267 e. The van der Waals surface area contributed by atoms with E-state index in [4.69, 9.17) is 11.6 Å². The molecule has 3 rings (SSSR count). The van der Waals surface area contributed by atoms with Crippen LogP contribution in [0.15, 0.2) is 41.2 Å². The summed E-state index contributed by atoms with van der Waals surface area (Å²) >= 11 is 6.12. The van der Waals surface area contributed by atoms with Crippen LogP contribution >= 0.6 is 11.6 Å². The highest BCUT2D eigenvalue weighted by atomic mass is 35.5. The van der Waals surface area contributed by atoms with Gasteiger partial charge in [0.2, 0.25) is 0 Å². The highest BCUT2D eigenvalue weighted by molar-refractivity contribution is 6.36. The molecule has 2 aromatic heterocycles. The van der Waals surface area contributed by atoms with Gasteiger partial charge in [0.15, 0.2) is 0 Å². The highest BCUT2D eigenvalue weighted by Crippen LogP contribution is 2.34. The molecule has 0 spiro atoms. The third kappa shape index (κ3) is 2.75. The molecule has 0 aliphatic carbocycles. The summed E-state index contributed by atoms with van der Waals surface area (Å²) in [6, 6.07) is 10.6. The van der Waals surface area contributed by atoms with E-state index in [9.17, 15) is 23.2 Å². The van der Waals surface area contributed by atoms with Crippen LogP contribution in [-0.4, -0.2) is 9.55 Å². The van der Waals surface area contributed by atoms with Gasteiger partial charge in [0, 0.05) is 5.39 Å². The first-order valence-corrected chi connectivity index (χ1v) is 7.42. The second kappa shape index (κ2) is 5.90. The van der Waals surface area contributed by atoms with Crippen LogP contribution in [-0.2, 0) is 6.18 Å². The van der Waals surface area contributed by atoms with Gasteiger partial charge in [-0.1, -0.05) is 29.8 Å². The summed E-state index contributed by atoms with van der Waals surface area (Å²) in [4.78, 5) is 16.3. The Balaban J connectivity index is 2.59. The molecule has 8 heteroatoms. The zero-order chi connectivity index (χ0) is 18.4. The molecule has 0 bridgehead atoms. The van der Waals surface area contributed by atoms with Crippen molar-refractivity contribution in [2.24, 2.45) is 0 Å². The molecule has 0 radical (unpaired) electrons. The molecule has 0 amide bonds. The number of para-hydroxylation sites is 1. The van der Waals surface area contributed by atoms with Gasteiger partial charge in [0.05, 0.1) is 10.7 Å². The first-order chi connectivity index (χ1) is 11.8. The minimum absolute atomic E-state index is 0.134. The SMILES string of the molecule is Cc1cc(C(F)(F)F)nc2c1c(Cl)c(C#N)c(=O)n2-c1ccccc1. The first-order valence-electron chi connectivity index (χ1n) is 7.04. The summed E-state index contributed by atoms with van der Waals surface area (Å²) in [5, 5.41) is 9.19. The molecule has 126 valence electrons. The van der Waals surface area contributed by atoms with Crippen LogP contribution in [0.2, 0.25) is 5.02 Å². The standard InChI is InChI=1S/C17H9ClF3N3O/c1-9-7-12(17(19,20)21)23-15-13(9)14(18)11(8-22)16(25)24(15)10-5-3-2-4-6-10/h2-7H,1H3. The quantitative estimate of drug-likeness (QED) is 0.649. The molecule has 25 heavy (non-hydrogen) atoms. The van der Waals surface area contributed by atoms with E-state index in [0.717, 1.165) is 10.6 Å². The molecule has 0 N–H and O–H groups in total. The molecule has 3 aromatic rings. The number of nitrogens with zero attached hydrogens (tertiary/aromatic N) is 3. The summed E-state index contributed by atoms with van der Waals surface area (Å²) in [6.07, 6.45) is -4.68. The summed E-state index contributed by atoms with van der Waals surface area (Å²) in [7, 11) is 0. The zero-order valence-corrected chi connectivity index (χ0v) is 13.5. The van der Waals surface area contributed by atoms with Crippen molar-refractivity contribution in [3.05, 3.63) is 68.6 Å². The number of fused-ring (bicyclic) bond motifs is 1. The fourth-order valence-electron chi connectivity index (χ4n) is 2.57. The van der Waals surface area contributed by atoms with Crippen molar-refractivity contribution in [1.29, 1.82) is 5.26 Å². The van der Waals surface area contributed by atoms with Gasteiger partial charge in [-0.05, 0) is 30.7 Å². The van der Waals surface area contributed by atoms with Gasteiger partial charge in [-0.15, -0.1) is 0 Å². The number of hydrogen-bond acceptors (Lipinski definition) is 3. The highest BCUT2D eigenvalue weighted by Gasteiger charge is 2.34. The molecule has 0 saturated carbocycles. The van der Waals surface area contributed by atoms with Gasteiger partial charge in [-0.2, -0.15) is 18.4 Å². The molecular formula is C17H9ClF3N3O. The average molecular weight is 364 g/mol. The lowest BCUT2D eigenvalue weighted by Crippen LogP contribution is -2.24. The summed E-state index contributed by atoms with van der Waals surface area (Å²) < 4.78 is 40.4. The lowest BCUT2D eigenvalue weighted by Gasteiger charge is -2.16. The summed E-state index contributed by atoms with van der Waals surface area (Å²) in [6.45, 7) is 1.42. The van der Waals surface area contributed by atoms with Crippen molar-refractivity contribution in [3.63, 3.8) is 0 Å². The number of alkyl halides is 3. The maximum Gasteiger partial charge on any atom is 0.433 e. The molecular weight excluding hydrogens is 355 g/mol. The number of nitriles is 1. The fourth-order valence-corrected chi connectivity index (χ4v) is 2.93. The first kappa shape index (κ1) is 17.0. The van der Waals surface area contributed by atoms with Gasteiger partial charge < -0.3 is 0 Å². The van der Waals surface area contributed by atoms with Gasteiger partial charge in [0.25, 0.3) is 5.56 Å². The van der Waals surface area contributed by atoms with E-state index in [2.05, 4.69) is 4.98 Å². The molecule has 0 unspecified atom stereocenters. The Hall–Kier alpha value is -2.85. The van der Waals surface area contributed by atoms with Crippen LogP contribution in [0.4, 0.5) is 13.2 Å². The number of aryl methyl sites for hydroxylation is 1. The Labute approximate surface area is 144 Å². The van der Waals surface area contributed by atoms with Crippen molar-refractivity contribution in [3.8, 4) is 11.8 Å². The predicted molar refractivity (Wildman–Crippen MR) is 86.8 cm³/mol. The second-order valence-corrected chi connectivity index (χ2v) is 5.68. The molecule has 0 aliphatic heterocycles. The lowest BCUT2D eigenvalue weighted by atomic mass is 10.1. The summed E-state index contributed by atoms with van der Waals surface area (Å²) in [5.74, 6) is 0. The Morgan fingerprint density at radius 1 is 1.24 bits per heavy atom. The van der Waals surface area contributed by atoms with Crippen molar-refractivity contribution >= 4 is 22.6 Å². The van der Waals surface area contributed by atoms with Crippen LogP contribution in [0.1, 0.15) is 16.8 Å². The normalized spacial score (nSPS) is 11.5. The Morgan fingerprint density at radius 3 is 2.44 bits per heavy atom. The van der Waals surface area contributed by atoms with Gasteiger partial charge in [-0.3, -0.25) is 9.36 Å². The van der Waals surface area contributed by atoms with Crippen molar-refractivity contribution in [2.75, 3.05) is 0 Å². The van der Waals surface area contributed by atoms with Crippen molar-refractivity contribution in [2.45, 2.75) is 13.1 Å². The lowest BCUT2D eigenvalue weighted by molar-refractivity contribution is -0.141.